The molecule has 3 aromatic rings. The number of hydrogen-bond donors (Lipinski definition) is 1. The highest BCUT2D eigenvalue weighted by Gasteiger charge is 2.15. The number of aryl methyl sites for hydroxylation is 2. The largest absolute Gasteiger partial charge is 0.459 e. The van der Waals surface area contributed by atoms with Gasteiger partial charge in [0.05, 0.1) is 6.04 Å². The Labute approximate surface area is 125 Å². The summed E-state index contributed by atoms with van der Waals surface area (Å²) in [5, 5.41) is 4.51. The molecule has 2 aromatic heterocycles. The monoisotopic (exact) mass is 280 g/mol. The van der Waals surface area contributed by atoms with Gasteiger partial charge in [-0.25, -0.2) is 0 Å². The Morgan fingerprint density at radius 1 is 1.19 bits per heavy atom. The third-order valence-electron chi connectivity index (χ3n) is 3.80. The molecule has 1 unspecified atom stereocenters. The molecule has 0 bridgehead atoms. The van der Waals surface area contributed by atoms with E-state index in [0.717, 1.165) is 29.9 Å². The molecule has 1 atom stereocenters. The van der Waals surface area contributed by atoms with Crippen molar-refractivity contribution in [2.45, 2.75) is 25.8 Å². The van der Waals surface area contributed by atoms with Crippen LogP contribution in [0.1, 0.15) is 29.5 Å². The molecule has 0 aliphatic rings. The zero-order chi connectivity index (χ0) is 14.7. The lowest BCUT2D eigenvalue weighted by Crippen LogP contribution is -2.16. The Bertz CT molecular complexity index is 718. The van der Waals surface area contributed by atoms with Crippen LogP contribution in [0.2, 0.25) is 0 Å². The first-order valence-electron chi connectivity index (χ1n) is 7.33. The van der Waals surface area contributed by atoms with Crippen LogP contribution >= 0.6 is 0 Å². The average molecular weight is 280 g/mol. The fourth-order valence-electron chi connectivity index (χ4n) is 2.62. The zero-order valence-corrected chi connectivity index (χ0v) is 12.5. The van der Waals surface area contributed by atoms with Crippen LogP contribution in [0.4, 0.5) is 0 Å². The fraction of sp³-hybridized carbons (Fsp3) is 0.278. The summed E-state index contributed by atoms with van der Waals surface area (Å²) in [5.41, 5.74) is 3.32. The van der Waals surface area contributed by atoms with Crippen LogP contribution in [-0.4, -0.2) is 12.0 Å². The summed E-state index contributed by atoms with van der Waals surface area (Å²) in [6, 6.07) is 14.7. The molecule has 0 fully saturated rings. The molecule has 0 amide bonds. The SMILES string of the molecule is CNC(CCc1ccccn1)c1cc2cc(C)ccc2o1. The van der Waals surface area contributed by atoms with Gasteiger partial charge in [0.2, 0.25) is 0 Å². The minimum absolute atomic E-state index is 0.208. The molecular weight excluding hydrogens is 260 g/mol. The minimum Gasteiger partial charge on any atom is -0.459 e. The highest BCUT2D eigenvalue weighted by atomic mass is 16.3. The van der Waals surface area contributed by atoms with E-state index in [1.165, 1.54) is 10.9 Å². The van der Waals surface area contributed by atoms with Crippen LogP contribution in [0.25, 0.3) is 11.0 Å². The Hall–Kier alpha value is -2.13. The number of nitrogens with zero attached hydrogens (tertiary/aromatic N) is 1. The van der Waals surface area contributed by atoms with Crippen LogP contribution in [0.5, 0.6) is 0 Å². The number of rotatable bonds is 5. The van der Waals surface area contributed by atoms with E-state index in [1.54, 1.807) is 0 Å². The summed E-state index contributed by atoms with van der Waals surface area (Å²) in [5.74, 6) is 0.994. The standard InChI is InChI=1S/C18H20N2O/c1-13-6-9-17-14(11-13)12-18(21-17)16(19-2)8-7-15-5-3-4-10-20-15/h3-6,9-12,16,19H,7-8H2,1-2H3. The minimum atomic E-state index is 0.208. The van der Waals surface area contributed by atoms with Crippen molar-refractivity contribution < 1.29 is 4.42 Å². The lowest BCUT2D eigenvalue weighted by atomic mass is 10.1. The number of aromatic nitrogens is 1. The van der Waals surface area contributed by atoms with Gasteiger partial charge >= 0.3 is 0 Å². The molecule has 1 aromatic carbocycles. The van der Waals surface area contributed by atoms with Crippen molar-refractivity contribution in [3.8, 4) is 0 Å². The maximum Gasteiger partial charge on any atom is 0.134 e. The second-order valence-corrected chi connectivity index (χ2v) is 5.39. The lowest BCUT2D eigenvalue weighted by molar-refractivity contribution is 0.432. The second-order valence-electron chi connectivity index (χ2n) is 5.39. The zero-order valence-electron chi connectivity index (χ0n) is 12.5. The number of nitrogens with one attached hydrogen (secondary N) is 1. The lowest BCUT2D eigenvalue weighted by Gasteiger charge is -2.12. The third kappa shape index (κ3) is 3.14. The molecular formula is C18H20N2O. The van der Waals surface area contributed by atoms with Crippen LogP contribution in [-0.2, 0) is 6.42 Å². The van der Waals surface area contributed by atoms with Gasteiger partial charge in [0.15, 0.2) is 0 Å². The first-order chi connectivity index (χ1) is 10.3. The van der Waals surface area contributed by atoms with Crippen molar-refractivity contribution in [2.75, 3.05) is 7.05 Å². The molecule has 3 heteroatoms. The van der Waals surface area contributed by atoms with Gasteiger partial charge < -0.3 is 9.73 Å². The van der Waals surface area contributed by atoms with Crippen molar-refractivity contribution in [1.82, 2.24) is 10.3 Å². The molecule has 0 saturated heterocycles. The first-order valence-corrected chi connectivity index (χ1v) is 7.33. The maximum atomic E-state index is 5.98. The smallest absolute Gasteiger partial charge is 0.134 e. The van der Waals surface area contributed by atoms with Crippen molar-refractivity contribution in [3.63, 3.8) is 0 Å². The molecule has 108 valence electrons. The van der Waals surface area contributed by atoms with Crippen molar-refractivity contribution in [1.29, 1.82) is 0 Å². The molecule has 3 rings (SSSR count). The second kappa shape index (κ2) is 6.10. The normalized spacial score (nSPS) is 12.7. The Balaban J connectivity index is 1.78. The Kier molecular flexibility index (Phi) is 4.02. The van der Waals surface area contributed by atoms with E-state index in [9.17, 15) is 0 Å². The molecule has 0 radical (unpaired) electrons. The summed E-state index contributed by atoms with van der Waals surface area (Å²) in [6.45, 7) is 2.10. The molecule has 0 saturated carbocycles. The van der Waals surface area contributed by atoms with Gasteiger partial charge in [-0.15, -0.1) is 0 Å². The summed E-state index contributed by atoms with van der Waals surface area (Å²) in [7, 11) is 1.97. The topological polar surface area (TPSA) is 38.1 Å². The van der Waals surface area contributed by atoms with Gasteiger partial charge in [-0.1, -0.05) is 17.7 Å². The van der Waals surface area contributed by atoms with Crippen molar-refractivity contribution >= 4 is 11.0 Å². The van der Waals surface area contributed by atoms with Crippen molar-refractivity contribution in [3.05, 3.63) is 65.7 Å². The number of benzene rings is 1. The van der Waals surface area contributed by atoms with Crippen molar-refractivity contribution in [2.24, 2.45) is 0 Å². The molecule has 0 spiro atoms. The van der Waals surface area contributed by atoms with Crippen LogP contribution in [0, 0.1) is 6.92 Å². The average Bonchev–Trinajstić information content (AvgIpc) is 2.92. The molecule has 2 heterocycles. The van der Waals surface area contributed by atoms with Gasteiger partial charge in [0.25, 0.3) is 0 Å². The summed E-state index contributed by atoms with van der Waals surface area (Å²) >= 11 is 0. The fourth-order valence-corrected chi connectivity index (χ4v) is 2.62. The molecule has 0 aliphatic carbocycles. The van der Waals surface area contributed by atoms with Gasteiger partial charge in [0.1, 0.15) is 11.3 Å². The Morgan fingerprint density at radius 2 is 2.10 bits per heavy atom. The van der Waals surface area contributed by atoms with E-state index in [-0.39, 0.29) is 6.04 Å². The van der Waals surface area contributed by atoms with E-state index in [1.807, 2.05) is 31.4 Å². The van der Waals surface area contributed by atoms with E-state index >= 15 is 0 Å². The number of furan rings is 1. The van der Waals surface area contributed by atoms with Crippen LogP contribution in [0.3, 0.4) is 0 Å². The summed E-state index contributed by atoms with van der Waals surface area (Å²) in [4.78, 5) is 4.37. The molecule has 0 aliphatic heterocycles. The summed E-state index contributed by atoms with van der Waals surface area (Å²) < 4.78 is 5.98. The number of hydrogen-bond acceptors (Lipinski definition) is 3. The number of fused-ring (bicyclic) bond motifs is 1. The van der Waals surface area contributed by atoms with E-state index in [2.05, 4.69) is 41.5 Å². The molecule has 1 N–H and O–H groups in total. The highest BCUT2D eigenvalue weighted by molar-refractivity contribution is 5.78. The van der Waals surface area contributed by atoms with E-state index in [0.29, 0.717) is 0 Å². The Morgan fingerprint density at radius 3 is 2.86 bits per heavy atom. The van der Waals surface area contributed by atoms with Crippen LogP contribution < -0.4 is 5.32 Å². The quantitative estimate of drug-likeness (QED) is 0.766. The molecule has 21 heavy (non-hydrogen) atoms. The summed E-state index contributed by atoms with van der Waals surface area (Å²) in [6.07, 6.45) is 3.74. The van der Waals surface area contributed by atoms with Gasteiger partial charge in [-0.3, -0.25) is 4.98 Å². The predicted octanol–water partition coefficient (Wildman–Crippen LogP) is 4.03. The molecule has 3 nitrogen and oxygen atoms in total. The number of pyridine rings is 1. The highest BCUT2D eigenvalue weighted by Crippen LogP contribution is 2.27. The third-order valence-corrected chi connectivity index (χ3v) is 3.80. The van der Waals surface area contributed by atoms with Gasteiger partial charge in [-0.2, -0.15) is 0 Å². The van der Waals surface area contributed by atoms with Crippen LogP contribution in [0.15, 0.2) is 53.1 Å². The maximum absolute atomic E-state index is 5.98. The van der Waals surface area contributed by atoms with E-state index in [4.69, 9.17) is 4.42 Å². The van der Waals surface area contributed by atoms with Gasteiger partial charge in [0, 0.05) is 17.3 Å². The predicted molar refractivity (Wildman–Crippen MR) is 85.3 cm³/mol. The van der Waals surface area contributed by atoms with E-state index < -0.39 is 0 Å². The van der Waals surface area contributed by atoms with Gasteiger partial charge in [-0.05, 0) is 57.1 Å². The first kappa shape index (κ1) is 13.8.